The second-order valence-corrected chi connectivity index (χ2v) is 3.95. The molecule has 0 bridgehead atoms. The summed E-state index contributed by atoms with van der Waals surface area (Å²) in [6.45, 7) is -2.57. The summed E-state index contributed by atoms with van der Waals surface area (Å²) in [5, 5.41) is 15.2. The van der Waals surface area contributed by atoms with Crippen LogP contribution in [0, 0.1) is 0 Å². The average Bonchev–Trinajstić information content (AvgIpc) is 2.43. The first kappa shape index (κ1) is 16.7. The number of aliphatic carboxylic acids is 1. The van der Waals surface area contributed by atoms with Crippen LogP contribution in [0.4, 0.5) is 8.78 Å². The predicted molar refractivity (Wildman–Crippen MR) is 70.1 cm³/mol. The third-order valence-corrected chi connectivity index (χ3v) is 2.54. The average molecular weight is 300 g/mol. The summed E-state index contributed by atoms with van der Waals surface area (Å²) in [5.41, 5.74) is 8.22. The number of hydrogen-bond acceptors (Lipinski definition) is 4. The Bertz CT molecular complexity index is 521. The van der Waals surface area contributed by atoms with Crippen molar-refractivity contribution in [2.45, 2.75) is 19.1 Å². The van der Waals surface area contributed by atoms with Gasteiger partial charge in [-0.2, -0.15) is 8.78 Å². The molecule has 0 aromatic heterocycles. The van der Waals surface area contributed by atoms with Gasteiger partial charge in [0.2, 0.25) is 0 Å². The maximum atomic E-state index is 12.3. The van der Waals surface area contributed by atoms with Gasteiger partial charge in [-0.3, -0.25) is 4.79 Å². The lowest BCUT2D eigenvalue weighted by atomic mass is 10.1. The number of carbonyl (C=O) groups is 1. The minimum absolute atomic E-state index is 0.106. The summed E-state index contributed by atoms with van der Waals surface area (Å²) in [6, 6.07) is 4.49. The Labute approximate surface area is 119 Å². The third-order valence-electron chi connectivity index (χ3n) is 2.54. The Balaban J connectivity index is 2.80. The minimum atomic E-state index is -3.04. The number of carboxylic acid groups (broad SMARTS) is 1. The van der Waals surface area contributed by atoms with E-state index in [0.717, 1.165) is 0 Å². The van der Waals surface area contributed by atoms with Crippen LogP contribution in [0.15, 0.2) is 29.4 Å². The third kappa shape index (κ3) is 5.64. The van der Waals surface area contributed by atoms with Crippen LogP contribution in [0.2, 0.25) is 0 Å². The van der Waals surface area contributed by atoms with Crippen molar-refractivity contribution in [3.63, 3.8) is 0 Å². The first-order valence-corrected chi connectivity index (χ1v) is 6.07. The van der Waals surface area contributed by atoms with Crippen molar-refractivity contribution in [2.24, 2.45) is 5.11 Å². The Morgan fingerprint density at radius 1 is 1.48 bits per heavy atom. The molecular weight excluding hydrogens is 286 g/mol. The van der Waals surface area contributed by atoms with Gasteiger partial charge in [0.25, 0.3) is 0 Å². The van der Waals surface area contributed by atoms with E-state index in [9.17, 15) is 18.7 Å². The van der Waals surface area contributed by atoms with Crippen LogP contribution in [0.25, 0.3) is 10.4 Å². The fourth-order valence-corrected chi connectivity index (χ4v) is 1.69. The van der Waals surface area contributed by atoms with Gasteiger partial charge in [0.15, 0.2) is 0 Å². The topological polar surface area (TPSA) is 107 Å². The van der Waals surface area contributed by atoms with Crippen molar-refractivity contribution < 1.29 is 23.4 Å². The lowest BCUT2D eigenvalue weighted by molar-refractivity contribution is -0.139. The number of rotatable bonds is 9. The number of ether oxygens (including phenoxy) is 1. The highest BCUT2D eigenvalue weighted by molar-refractivity contribution is 5.76. The molecule has 1 unspecified atom stereocenters. The quantitative estimate of drug-likeness (QED) is 0.316. The lowest BCUT2D eigenvalue weighted by Crippen LogP contribution is -2.30. The molecule has 21 heavy (non-hydrogen) atoms. The van der Waals surface area contributed by atoms with E-state index in [4.69, 9.17) is 5.53 Å². The SMILES string of the molecule is [N-]=[N+]=NCCCNC(C(=O)O)c1ccccc1OC(F)F. The van der Waals surface area contributed by atoms with Gasteiger partial charge in [-0.25, -0.2) is 0 Å². The van der Waals surface area contributed by atoms with E-state index in [-0.39, 0.29) is 24.4 Å². The summed E-state index contributed by atoms with van der Waals surface area (Å²) in [7, 11) is 0. The number of para-hydroxylation sites is 1. The van der Waals surface area contributed by atoms with Crippen molar-refractivity contribution >= 4 is 5.97 Å². The molecule has 7 nitrogen and oxygen atoms in total. The van der Waals surface area contributed by atoms with Gasteiger partial charge in [-0.1, -0.05) is 23.3 Å². The molecular formula is C12H14F2N4O3. The molecule has 1 atom stereocenters. The number of halogens is 2. The summed E-state index contributed by atoms with van der Waals surface area (Å²) in [5.74, 6) is -1.41. The van der Waals surface area contributed by atoms with Gasteiger partial charge >= 0.3 is 12.6 Å². The van der Waals surface area contributed by atoms with Crippen LogP contribution < -0.4 is 10.1 Å². The van der Waals surface area contributed by atoms with Gasteiger partial charge in [-0.15, -0.1) is 0 Å². The summed E-state index contributed by atoms with van der Waals surface area (Å²) < 4.78 is 29.0. The van der Waals surface area contributed by atoms with Crippen molar-refractivity contribution in [1.82, 2.24) is 5.32 Å². The van der Waals surface area contributed by atoms with Gasteiger partial charge in [-0.05, 0) is 24.6 Å². The van der Waals surface area contributed by atoms with Crippen molar-refractivity contribution in [1.29, 1.82) is 0 Å². The van der Waals surface area contributed by atoms with E-state index in [2.05, 4.69) is 20.1 Å². The molecule has 0 spiro atoms. The zero-order valence-electron chi connectivity index (χ0n) is 10.9. The summed E-state index contributed by atoms with van der Waals surface area (Å²) >= 11 is 0. The molecule has 0 saturated carbocycles. The molecule has 114 valence electrons. The molecule has 0 radical (unpaired) electrons. The van der Waals surface area contributed by atoms with Crippen LogP contribution in [-0.4, -0.2) is 30.8 Å². The van der Waals surface area contributed by atoms with Crippen LogP contribution in [0.1, 0.15) is 18.0 Å². The number of azide groups is 1. The Kier molecular flexibility index (Phi) is 6.93. The number of carboxylic acids is 1. The molecule has 9 heteroatoms. The van der Waals surface area contributed by atoms with Crippen LogP contribution in [0.3, 0.4) is 0 Å². The molecule has 1 aromatic rings. The maximum absolute atomic E-state index is 12.3. The van der Waals surface area contributed by atoms with Gasteiger partial charge in [0.05, 0.1) is 0 Å². The van der Waals surface area contributed by atoms with Gasteiger partial charge in [0, 0.05) is 17.0 Å². The zero-order valence-corrected chi connectivity index (χ0v) is 10.9. The Hall–Kier alpha value is -2.38. The molecule has 0 fully saturated rings. The molecule has 0 aliphatic rings. The smallest absolute Gasteiger partial charge is 0.387 e. The van der Waals surface area contributed by atoms with Gasteiger partial charge < -0.3 is 15.2 Å². The van der Waals surface area contributed by atoms with Gasteiger partial charge in [0.1, 0.15) is 11.8 Å². The number of alkyl halides is 2. The largest absolute Gasteiger partial charge is 0.480 e. The zero-order chi connectivity index (χ0) is 15.7. The molecule has 1 aromatic carbocycles. The van der Waals surface area contributed by atoms with E-state index in [1.54, 1.807) is 0 Å². The molecule has 0 heterocycles. The van der Waals surface area contributed by atoms with E-state index >= 15 is 0 Å². The standard InChI is InChI=1S/C12H14F2N4O3/c13-12(14)21-9-5-2-1-4-8(9)10(11(19)20)16-6-3-7-17-18-15/h1-2,4-5,10,12,16H,3,6-7H2,(H,19,20). The number of nitrogens with one attached hydrogen (secondary N) is 1. The van der Waals surface area contributed by atoms with Crippen molar-refractivity contribution in [3.8, 4) is 5.75 Å². The highest BCUT2D eigenvalue weighted by Gasteiger charge is 2.23. The molecule has 0 aliphatic carbocycles. The van der Waals surface area contributed by atoms with E-state index in [1.807, 2.05) is 0 Å². The van der Waals surface area contributed by atoms with Crippen molar-refractivity contribution in [3.05, 3.63) is 40.3 Å². The first-order chi connectivity index (χ1) is 10.1. The molecule has 0 aliphatic heterocycles. The van der Waals surface area contributed by atoms with E-state index < -0.39 is 18.6 Å². The fourth-order valence-electron chi connectivity index (χ4n) is 1.69. The summed E-state index contributed by atoms with van der Waals surface area (Å²) in [4.78, 5) is 13.8. The molecule has 0 amide bonds. The summed E-state index contributed by atoms with van der Waals surface area (Å²) in [6.07, 6.45) is 0.422. The maximum Gasteiger partial charge on any atom is 0.387 e. The molecule has 1 rings (SSSR count). The lowest BCUT2D eigenvalue weighted by Gasteiger charge is -2.18. The highest BCUT2D eigenvalue weighted by Crippen LogP contribution is 2.26. The fraction of sp³-hybridized carbons (Fsp3) is 0.417. The Morgan fingerprint density at radius 3 is 2.81 bits per heavy atom. The number of hydrogen-bond donors (Lipinski definition) is 2. The minimum Gasteiger partial charge on any atom is -0.480 e. The normalized spacial score (nSPS) is 11.8. The van der Waals surface area contributed by atoms with Crippen LogP contribution in [-0.2, 0) is 4.79 Å². The van der Waals surface area contributed by atoms with Crippen LogP contribution >= 0.6 is 0 Å². The van der Waals surface area contributed by atoms with Crippen LogP contribution in [0.5, 0.6) is 5.75 Å². The second-order valence-electron chi connectivity index (χ2n) is 3.95. The second kappa shape index (κ2) is 8.72. The monoisotopic (exact) mass is 300 g/mol. The predicted octanol–water partition coefficient (Wildman–Crippen LogP) is 2.70. The molecule has 2 N–H and O–H groups in total. The number of nitrogens with zero attached hydrogens (tertiary/aromatic N) is 3. The van der Waals surface area contributed by atoms with Crippen molar-refractivity contribution in [2.75, 3.05) is 13.1 Å². The van der Waals surface area contributed by atoms with E-state index in [1.165, 1.54) is 24.3 Å². The number of benzene rings is 1. The molecule has 0 saturated heterocycles. The first-order valence-electron chi connectivity index (χ1n) is 6.07. The highest BCUT2D eigenvalue weighted by atomic mass is 19.3. The Morgan fingerprint density at radius 2 is 2.19 bits per heavy atom. The van der Waals surface area contributed by atoms with E-state index in [0.29, 0.717) is 6.42 Å².